The van der Waals surface area contributed by atoms with Crippen LogP contribution in [0.2, 0.25) is 0 Å². The molecular formula is C18H17N5O2. The van der Waals surface area contributed by atoms with Crippen molar-refractivity contribution in [2.24, 2.45) is 0 Å². The first kappa shape index (κ1) is 16.4. The number of hydrogen-bond acceptors (Lipinski definition) is 5. The molecule has 0 saturated heterocycles. The van der Waals surface area contributed by atoms with E-state index in [2.05, 4.69) is 26.1 Å². The summed E-state index contributed by atoms with van der Waals surface area (Å²) in [5.74, 6) is 0.0616. The number of nitrogens with one attached hydrogen (secondary N) is 3. The van der Waals surface area contributed by atoms with E-state index in [0.717, 1.165) is 10.9 Å². The Morgan fingerprint density at radius 3 is 2.52 bits per heavy atom. The molecule has 0 fully saturated rings. The van der Waals surface area contributed by atoms with Gasteiger partial charge in [0.1, 0.15) is 6.33 Å². The molecule has 0 saturated carbocycles. The van der Waals surface area contributed by atoms with E-state index in [-0.39, 0.29) is 24.8 Å². The van der Waals surface area contributed by atoms with Crippen molar-refractivity contribution in [1.82, 2.24) is 20.7 Å². The molecule has 0 unspecified atom stereocenters. The molecule has 1 heterocycles. The lowest BCUT2D eigenvalue weighted by molar-refractivity contribution is -0.120. The maximum absolute atomic E-state index is 11.9. The molecule has 0 aliphatic rings. The second-order valence-electron chi connectivity index (χ2n) is 5.28. The minimum atomic E-state index is -0.254. The van der Waals surface area contributed by atoms with Crippen LogP contribution in [-0.4, -0.2) is 28.3 Å². The average Bonchev–Trinajstić information content (AvgIpc) is 2.67. The van der Waals surface area contributed by atoms with Crippen LogP contribution in [0, 0.1) is 0 Å². The molecule has 2 amide bonds. The Labute approximate surface area is 144 Å². The third kappa shape index (κ3) is 4.29. The summed E-state index contributed by atoms with van der Waals surface area (Å²) in [7, 11) is 0. The number of carbonyl (C=O) groups is 2. The van der Waals surface area contributed by atoms with Crippen LogP contribution in [0.3, 0.4) is 0 Å². The first-order valence-corrected chi connectivity index (χ1v) is 7.82. The molecule has 0 atom stereocenters. The van der Waals surface area contributed by atoms with E-state index in [9.17, 15) is 9.59 Å². The number of aromatic nitrogens is 2. The second-order valence-corrected chi connectivity index (χ2v) is 5.28. The van der Waals surface area contributed by atoms with Gasteiger partial charge in [-0.25, -0.2) is 9.97 Å². The van der Waals surface area contributed by atoms with E-state index in [0.29, 0.717) is 11.4 Å². The molecule has 7 heteroatoms. The minimum Gasteiger partial charge on any atom is -0.352 e. The van der Waals surface area contributed by atoms with Gasteiger partial charge in [0.15, 0.2) is 5.82 Å². The smallest absolute Gasteiger partial charge is 0.251 e. The van der Waals surface area contributed by atoms with Crippen molar-refractivity contribution in [2.45, 2.75) is 6.42 Å². The second kappa shape index (κ2) is 7.87. The summed E-state index contributed by atoms with van der Waals surface area (Å²) in [5.41, 5.74) is 6.71. The first-order valence-electron chi connectivity index (χ1n) is 7.82. The maximum Gasteiger partial charge on any atom is 0.251 e. The van der Waals surface area contributed by atoms with Crippen molar-refractivity contribution in [3.05, 3.63) is 66.5 Å². The molecule has 25 heavy (non-hydrogen) atoms. The highest BCUT2D eigenvalue weighted by Gasteiger charge is 2.07. The van der Waals surface area contributed by atoms with Crippen LogP contribution in [0.25, 0.3) is 10.9 Å². The Morgan fingerprint density at radius 1 is 0.920 bits per heavy atom. The lowest BCUT2D eigenvalue weighted by Gasteiger charge is -2.10. The third-order valence-corrected chi connectivity index (χ3v) is 3.54. The molecular weight excluding hydrogens is 318 g/mol. The Hall–Kier alpha value is -3.48. The number of hydrazine groups is 1. The number of benzene rings is 2. The molecule has 0 bridgehead atoms. The van der Waals surface area contributed by atoms with Crippen LogP contribution in [0.4, 0.5) is 5.82 Å². The predicted molar refractivity (Wildman–Crippen MR) is 94.7 cm³/mol. The molecule has 1 aromatic heterocycles. The lowest BCUT2D eigenvalue weighted by Crippen LogP contribution is -2.34. The van der Waals surface area contributed by atoms with Crippen LogP contribution in [0.5, 0.6) is 0 Å². The number of carbonyl (C=O) groups excluding carboxylic acids is 2. The van der Waals surface area contributed by atoms with Gasteiger partial charge in [0, 0.05) is 23.9 Å². The Morgan fingerprint density at radius 2 is 1.68 bits per heavy atom. The summed E-state index contributed by atoms with van der Waals surface area (Å²) in [4.78, 5) is 32.1. The Bertz CT molecular complexity index is 878. The van der Waals surface area contributed by atoms with Crippen LogP contribution in [0.15, 0.2) is 60.9 Å². The SMILES string of the molecule is O=C(CCNC(=O)c1ccccc1)NNc1ncnc2ccccc12. The topological polar surface area (TPSA) is 96.0 Å². The lowest BCUT2D eigenvalue weighted by atomic mass is 10.2. The van der Waals surface area contributed by atoms with Crippen LogP contribution in [0.1, 0.15) is 16.8 Å². The normalized spacial score (nSPS) is 10.2. The molecule has 3 aromatic rings. The van der Waals surface area contributed by atoms with Crippen molar-refractivity contribution in [3.8, 4) is 0 Å². The fourth-order valence-corrected chi connectivity index (χ4v) is 2.28. The molecule has 0 radical (unpaired) electrons. The molecule has 7 nitrogen and oxygen atoms in total. The minimum absolute atomic E-state index is 0.147. The van der Waals surface area contributed by atoms with Gasteiger partial charge in [-0.2, -0.15) is 0 Å². The average molecular weight is 335 g/mol. The number of para-hydroxylation sites is 1. The van der Waals surface area contributed by atoms with Gasteiger partial charge in [0.05, 0.1) is 5.52 Å². The van der Waals surface area contributed by atoms with Gasteiger partial charge in [0.2, 0.25) is 5.91 Å². The number of amides is 2. The molecule has 2 aromatic carbocycles. The van der Waals surface area contributed by atoms with E-state index < -0.39 is 0 Å². The van der Waals surface area contributed by atoms with Crippen molar-refractivity contribution in [1.29, 1.82) is 0 Å². The zero-order valence-electron chi connectivity index (χ0n) is 13.4. The van der Waals surface area contributed by atoms with Gasteiger partial charge in [-0.05, 0) is 24.3 Å². The van der Waals surface area contributed by atoms with Gasteiger partial charge >= 0.3 is 0 Å². The highest BCUT2D eigenvalue weighted by Crippen LogP contribution is 2.17. The van der Waals surface area contributed by atoms with Crippen LogP contribution >= 0.6 is 0 Å². The van der Waals surface area contributed by atoms with E-state index in [1.165, 1.54) is 6.33 Å². The molecule has 3 rings (SSSR count). The standard InChI is InChI=1S/C18H17N5O2/c24-16(10-11-19-18(25)13-6-2-1-3-7-13)22-23-17-14-8-4-5-9-15(14)20-12-21-17/h1-9,12H,10-11H2,(H,19,25)(H,22,24)(H,20,21,23). The van der Waals surface area contributed by atoms with Crippen molar-refractivity contribution >= 4 is 28.5 Å². The van der Waals surface area contributed by atoms with E-state index >= 15 is 0 Å². The predicted octanol–water partition coefficient (Wildman–Crippen LogP) is 1.89. The fourth-order valence-electron chi connectivity index (χ4n) is 2.28. The first-order chi connectivity index (χ1) is 12.2. The monoisotopic (exact) mass is 335 g/mol. The van der Waals surface area contributed by atoms with Crippen molar-refractivity contribution < 1.29 is 9.59 Å². The number of hydrogen-bond donors (Lipinski definition) is 3. The maximum atomic E-state index is 11.9. The summed E-state index contributed by atoms with van der Waals surface area (Å²) in [5, 5.41) is 3.51. The van der Waals surface area contributed by atoms with Gasteiger partial charge in [-0.3, -0.25) is 20.4 Å². The van der Waals surface area contributed by atoms with Gasteiger partial charge < -0.3 is 5.32 Å². The fraction of sp³-hybridized carbons (Fsp3) is 0.111. The summed E-state index contributed by atoms with van der Waals surface area (Å²) in [6, 6.07) is 16.3. The summed E-state index contributed by atoms with van der Waals surface area (Å²) in [6.07, 6.45) is 1.57. The van der Waals surface area contributed by atoms with E-state index in [4.69, 9.17) is 0 Å². The number of anilines is 1. The zero-order chi connectivity index (χ0) is 17.5. The number of rotatable bonds is 6. The highest BCUT2D eigenvalue weighted by molar-refractivity contribution is 5.94. The van der Waals surface area contributed by atoms with Crippen molar-refractivity contribution in [2.75, 3.05) is 12.0 Å². The van der Waals surface area contributed by atoms with Crippen molar-refractivity contribution in [3.63, 3.8) is 0 Å². The third-order valence-electron chi connectivity index (χ3n) is 3.54. The van der Waals surface area contributed by atoms with Gasteiger partial charge in [-0.1, -0.05) is 30.3 Å². The molecule has 0 spiro atoms. The quantitative estimate of drug-likeness (QED) is 0.598. The molecule has 0 aliphatic heterocycles. The van der Waals surface area contributed by atoms with Crippen LogP contribution in [-0.2, 0) is 4.79 Å². The van der Waals surface area contributed by atoms with E-state index in [1.807, 2.05) is 30.3 Å². The number of fused-ring (bicyclic) bond motifs is 1. The molecule has 0 aliphatic carbocycles. The summed E-state index contributed by atoms with van der Waals surface area (Å²) >= 11 is 0. The Balaban J connectivity index is 1.47. The summed E-state index contributed by atoms with van der Waals surface area (Å²) in [6.45, 7) is 0.242. The zero-order valence-corrected chi connectivity index (χ0v) is 13.4. The van der Waals surface area contributed by atoms with Gasteiger partial charge in [-0.15, -0.1) is 0 Å². The highest BCUT2D eigenvalue weighted by atomic mass is 16.2. The largest absolute Gasteiger partial charge is 0.352 e. The Kier molecular flexibility index (Phi) is 5.16. The molecule has 3 N–H and O–H groups in total. The van der Waals surface area contributed by atoms with Crippen LogP contribution < -0.4 is 16.2 Å². The van der Waals surface area contributed by atoms with Gasteiger partial charge in [0.25, 0.3) is 5.91 Å². The van der Waals surface area contributed by atoms with E-state index in [1.54, 1.807) is 24.3 Å². The number of nitrogens with zero attached hydrogens (tertiary/aromatic N) is 2. The summed E-state index contributed by atoms with van der Waals surface area (Å²) < 4.78 is 0. The molecule has 126 valence electrons.